The molecule has 2 N–H and O–H groups in total. The summed E-state index contributed by atoms with van der Waals surface area (Å²) in [6, 6.07) is 6.12. The Labute approximate surface area is 100.0 Å². The number of anilines is 2. The normalized spacial score (nSPS) is 14.6. The fourth-order valence-corrected chi connectivity index (χ4v) is 2.30. The molecule has 0 radical (unpaired) electrons. The van der Waals surface area contributed by atoms with Crippen molar-refractivity contribution in [3.63, 3.8) is 0 Å². The molecule has 86 valence electrons. The quantitative estimate of drug-likeness (QED) is 0.848. The molecular formula is C12H16N2OS. The summed E-state index contributed by atoms with van der Waals surface area (Å²) in [4.78, 5) is 12.4. The molecule has 2 rings (SSSR count). The van der Waals surface area contributed by atoms with Gasteiger partial charge in [-0.2, -0.15) is 0 Å². The number of benzene rings is 1. The van der Waals surface area contributed by atoms with Gasteiger partial charge < -0.3 is 10.6 Å². The van der Waals surface area contributed by atoms with E-state index in [0.717, 1.165) is 22.8 Å². The summed E-state index contributed by atoms with van der Waals surface area (Å²) in [7, 11) is 0. The van der Waals surface area contributed by atoms with E-state index in [1.807, 2.05) is 6.07 Å². The summed E-state index contributed by atoms with van der Waals surface area (Å²) in [6.45, 7) is 5.28. The van der Waals surface area contributed by atoms with E-state index in [4.69, 9.17) is 0 Å². The molecule has 0 fully saturated rings. The molecule has 16 heavy (non-hydrogen) atoms. The van der Waals surface area contributed by atoms with Crippen LogP contribution in [0.5, 0.6) is 0 Å². The second kappa shape index (κ2) is 4.78. The lowest BCUT2D eigenvalue weighted by molar-refractivity contribution is -0.113. The number of carbonyl (C=O) groups excluding carboxylic acids is 1. The lowest BCUT2D eigenvalue weighted by atomic mass is 10.2. The fourth-order valence-electron chi connectivity index (χ4n) is 1.52. The Kier molecular flexibility index (Phi) is 3.39. The van der Waals surface area contributed by atoms with E-state index < -0.39 is 0 Å². The summed E-state index contributed by atoms with van der Waals surface area (Å²) >= 11 is 1.59. The number of nitrogens with one attached hydrogen (secondary N) is 2. The first-order valence-electron chi connectivity index (χ1n) is 5.46. The number of carbonyl (C=O) groups is 1. The third-order valence-electron chi connectivity index (χ3n) is 2.33. The van der Waals surface area contributed by atoms with Crippen molar-refractivity contribution in [2.45, 2.75) is 18.7 Å². The van der Waals surface area contributed by atoms with Gasteiger partial charge in [-0.3, -0.25) is 4.79 Å². The molecule has 1 amide bonds. The van der Waals surface area contributed by atoms with Gasteiger partial charge in [-0.1, -0.05) is 13.8 Å². The van der Waals surface area contributed by atoms with Gasteiger partial charge in [0.1, 0.15) is 0 Å². The van der Waals surface area contributed by atoms with E-state index in [9.17, 15) is 4.79 Å². The molecular weight excluding hydrogens is 220 g/mol. The number of thioether (sulfide) groups is 1. The highest BCUT2D eigenvalue weighted by molar-refractivity contribution is 8.00. The van der Waals surface area contributed by atoms with Gasteiger partial charge in [0, 0.05) is 17.1 Å². The third-order valence-corrected chi connectivity index (χ3v) is 3.40. The van der Waals surface area contributed by atoms with E-state index in [0.29, 0.717) is 11.7 Å². The lowest BCUT2D eigenvalue weighted by Gasteiger charge is -2.18. The Bertz CT molecular complexity index is 404. The van der Waals surface area contributed by atoms with Crippen molar-refractivity contribution in [2.75, 3.05) is 22.9 Å². The predicted octanol–water partition coefficient (Wildman–Crippen LogP) is 2.80. The van der Waals surface area contributed by atoms with Crippen molar-refractivity contribution < 1.29 is 4.79 Å². The minimum Gasteiger partial charge on any atom is -0.385 e. The van der Waals surface area contributed by atoms with Crippen LogP contribution in [-0.2, 0) is 4.79 Å². The van der Waals surface area contributed by atoms with Crippen LogP contribution in [0.1, 0.15) is 13.8 Å². The molecule has 1 aliphatic rings. The van der Waals surface area contributed by atoms with Crippen LogP contribution in [0.4, 0.5) is 11.4 Å². The number of fused-ring (bicyclic) bond motifs is 1. The molecule has 0 spiro atoms. The molecule has 4 heteroatoms. The summed E-state index contributed by atoms with van der Waals surface area (Å²) in [6.07, 6.45) is 0. The highest BCUT2D eigenvalue weighted by atomic mass is 32.2. The first kappa shape index (κ1) is 11.3. The van der Waals surface area contributed by atoms with E-state index in [1.54, 1.807) is 11.8 Å². The zero-order chi connectivity index (χ0) is 11.5. The van der Waals surface area contributed by atoms with Crippen LogP contribution in [0, 0.1) is 5.92 Å². The van der Waals surface area contributed by atoms with Crippen LogP contribution in [0.15, 0.2) is 23.1 Å². The van der Waals surface area contributed by atoms with Gasteiger partial charge in [-0.25, -0.2) is 0 Å². The minimum absolute atomic E-state index is 0.0820. The van der Waals surface area contributed by atoms with Gasteiger partial charge >= 0.3 is 0 Å². The van der Waals surface area contributed by atoms with E-state index in [-0.39, 0.29) is 5.91 Å². The van der Waals surface area contributed by atoms with Gasteiger partial charge in [-0.05, 0) is 24.1 Å². The average Bonchev–Trinajstić information content (AvgIpc) is 2.25. The highest BCUT2D eigenvalue weighted by Crippen LogP contribution is 2.33. The second-order valence-electron chi connectivity index (χ2n) is 4.32. The van der Waals surface area contributed by atoms with E-state index in [1.165, 1.54) is 0 Å². The van der Waals surface area contributed by atoms with Crippen LogP contribution >= 0.6 is 11.8 Å². The lowest BCUT2D eigenvalue weighted by Crippen LogP contribution is -2.18. The molecule has 1 aromatic rings. The van der Waals surface area contributed by atoms with Crippen LogP contribution in [0.2, 0.25) is 0 Å². The molecule has 0 atom stereocenters. The monoisotopic (exact) mass is 236 g/mol. The van der Waals surface area contributed by atoms with Gasteiger partial charge in [0.2, 0.25) is 5.91 Å². The maximum absolute atomic E-state index is 11.3. The van der Waals surface area contributed by atoms with Crippen molar-refractivity contribution in [1.82, 2.24) is 0 Å². The largest absolute Gasteiger partial charge is 0.385 e. The van der Waals surface area contributed by atoms with Crippen LogP contribution < -0.4 is 10.6 Å². The van der Waals surface area contributed by atoms with Crippen molar-refractivity contribution in [2.24, 2.45) is 5.92 Å². The number of amides is 1. The van der Waals surface area contributed by atoms with Gasteiger partial charge in [0.25, 0.3) is 0 Å². The maximum Gasteiger partial charge on any atom is 0.234 e. The smallest absolute Gasteiger partial charge is 0.234 e. The van der Waals surface area contributed by atoms with Crippen molar-refractivity contribution in [3.05, 3.63) is 18.2 Å². The standard InChI is InChI=1S/C12H16N2OS/c1-8(2)6-13-9-3-4-11-10(5-9)14-12(15)7-16-11/h3-5,8,13H,6-7H2,1-2H3,(H,14,15). The number of hydrogen-bond acceptors (Lipinski definition) is 3. The Balaban J connectivity index is 2.12. The SMILES string of the molecule is CC(C)CNc1ccc2c(c1)NC(=O)CS2. The van der Waals surface area contributed by atoms with Crippen LogP contribution in [-0.4, -0.2) is 18.2 Å². The molecule has 1 heterocycles. The molecule has 1 aromatic carbocycles. The maximum atomic E-state index is 11.3. The third kappa shape index (κ3) is 2.70. The van der Waals surface area contributed by atoms with Crippen molar-refractivity contribution in [1.29, 1.82) is 0 Å². The summed E-state index contributed by atoms with van der Waals surface area (Å²) in [5.74, 6) is 1.21. The molecule has 0 saturated carbocycles. The second-order valence-corrected chi connectivity index (χ2v) is 5.34. The molecule has 3 nitrogen and oxygen atoms in total. The Hall–Kier alpha value is -1.16. The Morgan fingerprint density at radius 2 is 2.31 bits per heavy atom. The van der Waals surface area contributed by atoms with Crippen LogP contribution in [0.25, 0.3) is 0 Å². The topological polar surface area (TPSA) is 41.1 Å². The molecule has 0 bridgehead atoms. The summed E-state index contributed by atoms with van der Waals surface area (Å²) in [5.41, 5.74) is 1.99. The predicted molar refractivity (Wildman–Crippen MR) is 69.1 cm³/mol. The summed E-state index contributed by atoms with van der Waals surface area (Å²) < 4.78 is 0. The van der Waals surface area contributed by atoms with Crippen molar-refractivity contribution in [3.8, 4) is 0 Å². The first-order chi connectivity index (χ1) is 7.65. The molecule has 0 aromatic heterocycles. The molecule has 0 unspecified atom stereocenters. The first-order valence-corrected chi connectivity index (χ1v) is 6.44. The average molecular weight is 236 g/mol. The van der Waals surface area contributed by atoms with E-state index in [2.05, 4.69) is 36.6 Å². The molecule has 0 aliphatic carbocycles. The zero-order valence-corrected chi connectivity index (χ0v) is 10.4. The van der Waals surface area contributed by atoms with Crippen molar-refractivity contribution >= 4 is 29.0 Å². The van der Waals surface area contributed by atoms with E-state index >= 15 is 0 Å². The van der Waals surface area contributed by atoms with Gasteiger partial charge in [0.15, 0.2) is 0 Å². The Morgan fingerprint density at radius 1 is 1.50 bits per heavy atom. The number of rotatable bonds is 3. The van der Waals surface area contributed by atoms with Gasteiger partial charge in [0.05, 0.1) is 11.4 Å². The summed E-state index contributed by atoms with van der Waals surface area (Å²) in [5, 5.41) is 6.24. The molecule has 0 saturated heterocycles. The molecule has 1 aliphatic heterocycles. The Morgan fingerprint density at radius 3 is 3.06 bits per heavy atom. The zero-order valence-electron chi connectivity index (χ0n) is 9.54. The minimum atomic E-state index is 0.0820. The highest BCUT2D eigenvalue weighted by Gasteiger charge is 2.15. The fraction of sp³-hybridized carbons (Fsp3) is 0.417. The van der Waals surface area contributed by atoms with Crippen LogP contribution in [0.3, 0.4) is 0 Å². The van der Waals surface area contributed by atoms with Gasteiger partial charge in [-0.15, -0.1) is 11.8 Å². The number of hydrogen-bond donors (Lipinski definition) is 2.